The van der Waals surface area contributed by atoms with Crippen LogP contribution in [0.3, 0.4) is 0 Å². The fourth-order valence-corrected chi connectivity index (χ4v) is 9.08. The molecule has 0 saturated carbocycles. The number of carboxylic acids is 1. The summed E-state index contributed by atoms with van der Waals surface area (Å²) in [6.45, 7) is -1.06. The summed E-state index contributed by atoms with van der Waals surface area (Å²) in [6.07, 6.45) is -32.7. The van der Waals surface area contributed by atoms with Crippen LogP contribution in [0.2, 0.25) is 0 Å². The van der Waals surface area contributed by atoms with Crippen molar-refractivity contribution in [3.63, 3.8) is 0 Å². The lowest BCUT2D eigenvalue weighted by atomic mass is 9.88. The number of methoxy groups -OCH3 is 1. The monoisotopic (exact) mass is 1090 g/mol. The Hall–Kier alpha value is -4.20. The molecule has 0 aliphatic carbocycles. The zero-order valence-corrected chi connectivity index (χ0v) is 41.1. The van der Waals surface area contributed by atoms with Crippen LogP contribution in [0, 0.1) is 0 Å². The van der Waals surface area contributed by atoms with Crippen LogP contribution in [0.4, 0.5) is 0 Å². The molecule has 0 radical (unpaired) electrons. The predicted octanol–water partition coefficient (Wildman–Crippen LogP) is -7.63. The Kier molecular flexibility index (Phi) is 22.9. The molecule has 5 rings (SSSR count). The second-order valence-corrected chi connectivity index (χ2v) is 18.6. The van der Waals surface area contributed by atoms with Gasteiger partial charge in [0, 0.05) is 32.4 Å². The summed E-state index contributed by atoms with van der Waals surface area (Å²) in [6, 6.07) is -2.76. The van der Waals surface area contributed by atoms with Crippen LogP contribution in [0.5, 0.6) is 0 Å². The number of carbonyl (C=O) groups is 4. The first-order valence-electron chi connectivity index (χ1n) is 24.2. The number of aromatic nitrogens is 2. The average molecular weight is 1090 g/mol. The maximum Gasteiger partial charge on any atom is 0.364 e. The highest BCUT2D eigenvalue weighted by molar-refractivity contribution is 5.92. The van der Waals surface area contributed by atoms with Gasteiger partial charge in [-0.2, -0.15) is 0 Å². The van der Waals surface area contributed by atoms with Gasteiger partial charge in [0.05, 0.1) is 45.2 Å². The van der Waals surface area contributed by atoms with Crippen molar-refractivity contribution < 1.29 is 123 Å². The number of amides is 2. The van der Waals surface area contributed by atoms with E-state index in [0.29, 0.717) is 38.2 Å². The van der Waals surface area contributed by atoms with E-state index in [1.54, 1.807) is 0 Å². The number of carbonyl (C=O) groups excluding carboxylic acids is 3. The highest BCUT2D eigenvalue weighted by atomic mass is 16.8. The van der Waals surface area contributed by atoms with E-state index in [1.165, 1.54) is 14.0 Å². The molecule has 5 heterocycles. The quantitative estimate of drug-likeness (QED) is 0.0319. The number of esters is 1. The molecule has 4 aliphatic heterocycles. The molecule has 4 aliphatic rings. The van der Waals surface area contributed by atoms with Crippen molar-refractivity contribution in [1.82, 2.24) is 20.6 Å². The first kappa shape index (κ1) is 61.7. The summed E-state index contributed by atoms with van der Waals surface area (Å²) < 4.78 is 52.4. The van der Waals surface area contributed by atoms with Crippen molar-refractivity contribution >= 4 is 23.8 Å². The van der Waals surface area contributed by atoms with Gasteiger partial charge in [0.15, 0.2) is 18.9 Å². The van der Waals surface area contributed by atoms with Gasteiger partial charge < -0.3 is 120 Å². The fraction of sp³-hybridized carbons (Fsp3) is 0.818. The van der Waals surface area contributed by atoms with Gasteiger partial charge in [-0.3, -0.25) is 24.2 Å². The molecule has 0 bridgehead atoms. The lowest BCUT2D eigenvalue weighted by Gasteiger charge is -2.51. The Labute approximate surface area is 426 Å². The Morgan fingerprint density at radius 2 is 1.39 bits per heavy atom. The second-order valence-electron chi connectivity index (χ2n) is 18.6. The van der Waals surface area contributed by atoms with Crippen LogP contribution in [0.25, 0.3) is 0 Å². The summed E-state index contributed by atoms with van der Waals surface area (Å²) >= 11 is 0. The molecule has 0 aromatic carbocycles. The van der Waals surface area contributed by atoms with Gasteiger partial charge in [0.2, 0.25) is 5.91 Å². The number of aliphatic hydroxyl groups is 11. The van der Waals surface area contributed by atoms with E-state index in [4.69, 9.17) is 37.9 Å². The van der Waals surface area contributed by atoms with Crippen LogP contribution >= 0.6 is 0 Å². The van der Waals surface area contributed by atoms with Gasteiger partial charge in [-0.25, -0.2) is 9.59 Å². The Morgan fingerprint density at radius 3 is 2.00 bits per heavy atom. The topological polar surface area (TPSA) is 484 Å². The summed E-state index contributed by atoms with van der Waals surface area (Å²) in [5.74, 6) is -7.66. The number of hydrogen-bond acceptors (Lipinski definition) is 26. The minimum Gasteiger partial charge on any atom is -0.477 e. The van der Waals surface area contributed by atoms with Gasteiger partial charge in [-0.15, -0.1) is 0 Å². The molecule has 0 spiro atoms. The number of nitrogens with one attached hydrogen (secondary N) is 4. The predicted molar refractivity (Wildman–Crippen MR) is 242 cm³/mol. The Balaban J connectivity index is 1.55. The van der Waals surface area contributed by atoms with E-state index in [0.717, 1.165) is 13.3 Å². The van der Waals surface area contributed by atoms with Crippen molar-refractivity contribution in [2.24, 2.45) is 0 Å². The van der Waals surface area contributed by atoms with Crippen molar-refractivity contribution in [3.05, 3.63) is 32.6 Å². The number of rotatable bonds is 25. The zero-order valence-electron chi connectivity index (χ0n) is 41.1. The molecule has 16 N–H and O–H groups in total. The van der Waals surface area contributed by atoms with Gasteiger partial charge >= 0.3 is 17.6 Å². The third kappa shape index (κ3) is 15.3. The van der Waals surface area contributed by atoms with Gasteiger partial charge in [-0.05, 0) is 19.8 Å². The van der Waals surface area contributed by atoms with Crippen LogP contribution in [0.1, 0.15) is 75.7 Å². The normalized spacial score (nSPS) is 37.0. The highest BCUT2D eigenvalue weighted by Gasteiger charge is 2.61. The molecule has 21 atom stereocenters. The van der Waals surface area contributed by atoms with Gasteiger partial charge in [0.25, 0.3) is 17.3 Å². The minimum absolute atomic E-state index is 0.127. The fourth-order valence-electron chi connectivity index (χ4n) is 9.08. The van der Waals surface area contributed by atoms with E-state index in [2.05, 4.69) is 20.4 Å². The summed E-state index contributed by atoms with van der Waals surface area (Å²) in [4.78, 5) is 79.5. The SMILES string of the molecule is COC(=O)CCCCCCCCO[C@@H]1OC(CO)[C@@H](OC2OC(C)[C@@H](O)C(O)C2O)C(OC2OC(CO)[C@H](O)C(O[C@]3(C(=O)O)CC(O)[C@@H](NC(C)=O)C(C(O)C(O)CO)O3)C2O)C1NC(=O)c1cc(=O)[nH]c(=O)[nH]1. The smallest absolute Gasteiger partial charge is 0.364 e. The maximum absolute atomic E-state index is 14.0. The van der Waals surface area contributed by atoms with E-state index in [-0.39, 0.29) is 19.0 Å². The number of carboxylic acid groups (broad SMARTS) is 1. The van der Waals surface area contributed by atoms with Crippen molar-refractivity contribution in [2.75, 3.05) is 33.5 Å². The molecular formula is C44H70N4O27. The van der Waals surface area contributed by atoms with Crippen molar-refractivity contribution in [1.29, 1.82) is 0 Å². The molecule has 428 valence electrons. The number of aromatic amines is 2. The van der Waals surface area contributed by atoms with Crippen LogP contribution < -0.4 is 21.9 Å². The molecule has 31 heteroatoms. The molecule has 31 nitrogen and oxygen atoms in total. The van der Waals surface area contributed by atoms with E-state index < -0.39 is 189 Å². The lowest BCUT2D eigenvalue weighted by molar-refractivity contribution is -0.390. The van der Waals surface area contributed by atoms with Crippen molar-refractivity contribution in [2.45, 2.75) is 194 Å². The number of H-pyrrole nitrogens is 2. The van der Waals surface area contributed by atoms with E-state index in [1.807, 2.05) is 4.98 Å². The summed E-state index contributed by atoms with van der Waals surface area (Å²) in [7, 11) is 1.29. The van der Waals surface area contributed by atoms with E-state index in [9.17, 15) is 90.0 Å². The molecule has 1 aromatic rings. The number of unbranched alkanes of at least 4 members (excludes halogenated alkanes) is 5. The van der Waals surface area contributed by atoms with E-state index >= 15 is 0 Å². The average Bonchev–Trinajstić information content (AvgIpc) is 3.37. The molecular weight excluding hydrogens is 1020 g/mol. The maximum atomic E-state index is 14.0. The largest absolute Gasteiger partial charge is 0.477 e. The Morgan fingerprint density at radius 1 is 0.760 bits per heavy atom. The minimum atomic E-state index is -3.21. The summed E-state index contributed by atoms with van der Waals surface area (Å²) in [5.41, 5.74) is -2.76. The first-order valence-corrected chi connectivity index (χ1v) is 24.2. The summed E-state index contributed by atoms with van der Waals surface area (Å²) in [5, 5.41) is 135. The molecule has 15 unspecified atom stereocenters. The highest BCUT2D eigenvalue weighted by Crippen LogP contribution is 2.39. The molecule has 4 saturated heterocycles. The molecule has 1 aromatic heterocycles. The van der Waals surface area contributed by atoms with Crippen LogP contribution in [-0.4, -0.2) is 257 Å². The molecule has 75 heavy (non-hydrogen) atoms. The molecule has 2 amide bonds. The standard InChI is InChI=1S/C44H70N4O27/c1-17-28(57)31(60)32(61)40(69-17)72-34-23(16-51)71-39(68-11-9-7-5-4-6-8-10-25(56)67-3)27(48-38(63)19-12-24(55)47-43(66)46-19)36(34)73-41-33(62)37(30(59)22(15-50)70-41)75-44(42(64)65)13-20(53)26(45-18(2)52)35(74-44)29(58)21(54)14-49/h12,17,20-23,26-37,39-41,49-51,53-54,57-62H,4-11,13-16H2,1-3H3,(H,45,52)(H,48,63)(H,64,65)(H2,46,47,55,66)/t17?,20?,21?,22?,23?,26-,27?,28-,29?,30+,31?,32?,33?,34-,35?,36?,37?,39-,40?,41?,44+/m1/s1. The van der Waals surface area contributed by atoms with Gasteiger partial charge in [-0.1, -0.05) is 25.7 Å². The number of aliphatic carboxylic acids is 1. The van der Waals surface area contributed by atoms with Crippen molar-refractivity contribution in [3.8, 4) is 0 Å². The van der Waals surface area contributed by atoms with Gasteiger partial charge in [0.1, 0.15) is 91.1 Å². The number of aliphatic hydroxyl groups excluding tert-OH is 11. The van der Waals surface area contributed by atoms with Crippen LogP contribution in [0.15, 0.2) is 15.7 Å². The zero-order chi connectivity index (χ0) is 55.5. The van der Waals surface area contributed by atoms with Crippen LogP contribution in [-0.2, 0) is 57.0 Å². The third-order valence-electron chi connectivity index (χ3n) is 13.1. The lowest BCUT2D eigenvalue weighted by Crippen LogP contribution is -2.71. The second kappa shape index (κ2) is 27.9. The first-order chi connectivity index (χ1) is 35.5. The third-order valence-corrected chi connectivity index (χ3v) is 13.1. The number of hydrogen-bond donors (Lipinski definition) is 16. The number of ether oxygens (including phenoxy) is 9. The molecule has 4 fully saturated rings. The Bertz CT molecular complexity index is 2110.